The molecular weight excluding hydrogens is 269 g/mol. The zero-order valence-electron chi connectivity index (χ0n) is 12.0. The summed E-state index contributed by atoms with van der Waals surface area (Å²) in [5.41, 5.74) is 5.43. The second kappa shape index (κ2) is 7.86. The fraction of sp³-hybridized carbons (Fsp3) is 0.929. The van der Waals surface area contributed by atoms with Gasteiger partial charge in [-0.2, -0.15) is 13.2 Å². The van der Waals surface area contributed by atoms with E-state index >= 15 is 0 Å². The van der Waals surface area contributed by atoms with Crippen LogP contribution in [-0.2, 0) is 4.79 Å². The van der Waals surface area contributed by atoms with Crippen LogP contribution in [0.3, 0.4) is 0 Å². The Morgan fingerprint density at radius 1 is 1.35 bits per heavy atom. The van der Waals surface area contributed by atoms with E-state index in [1.165, 1.54) is 0 Å². The maximum atomic E-state index is 12.7. The van der Waals surface area contributed by atoms with Crippen LogP contribution in [0, 0.1) is 11.8 Å². The van der Waals surface area contributed by atoms with Gasteiger partial charge < -0.3 is 11.1 Å². The number of nitrogens with two attached hydrogens (primary N) is 1. The Hall–Kier alpha value is -0.780. The normalized spacial score (nSPS) is 25.2. The minimum Gasteiger partial charge on any atom is -0.353 e. The first-order chi connectivity index (χ1) is 9.32. The highest BCUT2D eigenvalue weighted by Crippen LogP contribution is 2.37. The van der Waals surface area contributed by atoms with Gasteiger partial charge in [0.15, 0.2) is 0 Å². The average molecular weight is 294 g/mol. The lowest BCUT2D eigenvalue weighted by Gasteiger charge is -2.31. The minimum atomic E-state index is -4.14. The van der Waals surface area contributed by atoms with Crippen LogP contribution in [0.4, 0.5) is 13.2 Å². The van der Waals surface area contributed by atoms with Crippen LogP contribution in [0.15, 0.2) is 0 Å². The molecule has 1 rings (SSSR count). The smallest absolute Gasteiger partial charge is 0.353 e. The Morgan fingerprint density at radius 3 is 2.65 bits per heavy atom. The van der Waals surface area contributed by atoms with Crippen molar-refractivity contribution in [2.24, 2.45) is 17.6 Å². The second-order valence-corrected chi connectivity index (χ2v) is 5.89. The molecule has 0 spiro atoms. The van der Waals surface area contributed by atoms with Crippen LogP contribution in [0.2, 0.25) is 0 Å². The lowest BCUT2D eigenvalue weighted by atomic mass is 9.85. The average Bonchev–Trinajstić information content (AvgIpc) is 2.36. The number of nitrogens with one attached hydrogen (secondary N) is 1. The number of halogens is 3. The molecule has 0 aromatic rings. The molecule has 3 atom stereocenters. The van der Waals surface area contributed by atoms with Gasteiger partial charge in [0.25, 0.3) is 0 Å². The number of rotatable bonds is 6. The third kappa shape index (κ3) is 6.11. The van der Waals surface area contributed by atoms with E-state index in [2.05, 4.69) is 5.32 Å². The molecule has 0 aromatic heterocycles. The van der Waals surface area contributed by atoms with Crippen molar-refractivity contribution in [2.45, 2.75) is 64.1 Å². The SMILES string of the molecule is CC(CCN)CCC(=O)NC1CCCC(C(F)(F)F)C1. The topological polar surface area (TPSA) is 55.1 Å². The Morgan fingerprint density at radius 2 is 2.05 bits per heavy atom. The number of hydrogen-bond donors (Lipinski definition) is 2. The zero-order valence-corrected chi connectivity index (χ0v) is 12.0. The molecule has 1 fully saturated rings. The van der Waals surface area contributed by atoms with Gasteiger partial charge in [-0.25, -0.2) is 0 Å². The van der Waals surface area contributed by atoms with Crippen molar-refractivity contribution in [3.05, 3.63) is 0 Å². The van der Waals surface area contributed by atoms with Crippen molar-refractivity contribution in [1.82, 2.24) is 5.32 Å². The number of alkyl halides is 3. The highest BCUT2D eigenvalue weighted by molar-refractivity contribution is 5.76. The molecule has 0 saturated heterocycles. The molecule has 6 heteroatoms. The number of carbonyl (C=O) groups excluding carboxylic acids is 1. The van der Waals surface area contributed by atoms with Crippen molar-refractivity contribution in [1.29, 1.82) is 0 Å². The van der Waals surface area contributed by atoms with Gasteiger partial charge in [-0.05, 0) is 44.6 Å². The lowest BCUT2D eigenvalue weighted by molar-refractivity contribution is -0.184. The molecule has 3 N–H and O–H groups in total. The maximum absolute atomic E-state index is 12.7. The van der Waals surface area contributed by atoms with Gasteiger partial charge in [-0.15, -0.1) is 0 Å². The van der Waals surface area contributed by atoms with E-state index in [-0.39, 0.29) is 24.8 Å². The largest absolute Gasteiger partial charge is 0.391 e. The van der Waals surface area contributed by atoms with Crippen LogP contribution >= 0.6 is 0 Å². The second-order valence-electron chi connectivity index (χ2n) is 5.89. The van der Waals surface area contributed by atoms with Crippen molar-refractivity contribution < 1.29 is 18.0 Å². The molecule has 0 heterocycles. The summed E-state index contributed by atoms with van der Waals surface area (Å²) in [6, 6.07) is -0.326. The fourth-order valence-corrected chi connectivity index (χ4v) is 2.72. The first kappa shape index (κ1) is 17.3. The maximum Gasteiger partial charge on any atom is 0.391 e. The van der Waals surface area contributed by atoms with E-state index in [0.717, 1.165) is 12.8 Å². The van der Waals surface area contributed by atoms with Crippen LogP contribution in [0.1, 0.15) is 51.9 Å². The van der Waals surface area contributed by atoms with Gasteiger partial charge in [0.05, 0.1) is 5.92 Å². The summed E-state index contributed by atoms with van der Waals surface area (Å²) >= 11 is 0. The van der Waals surface area contributed by atoms with E-state index in [9.17, 15) is 18.0 Å². The molecule has 0 aromatic carbocycles. The standard InChI is InChI=1S/C14H25F3N2O/c1-10(7-8-18)5-6-13(20)19-12-4-2-3-11(9-12)14(15,16)17/h10-12H,2-9,18H2,1H3,(H,19,20). The highest BCUT2D eigenvalue weighted by Gasteiger charge is 2.42. The molecule has 1 saturated carbocycles. The Balaban J connectivity index is 2.31. The fourth-order valence-electron chi connectivity index (χ4n) is 2.72. The third-order valence-corrected chi connectivity index (χ3v) is 4.03. The first-order valence-electron chi connectivity index (χ1n) is 7.39. The van der Waals surface area contributed by atoms with Gasteiger partial charge in [0, 0.05) is 12.5 Å². The zero-order chi connectivity index (χ0) is 15.2. The quantitative estimate of drug-likeness (QED) is 0.791. The van der Waals surface area contributed by atoms with E-state index in [1.807, 2.05) is 6.92 Å². The lowest BCUT2D eigenvalue weighted by Crippen LogP contribution is -2.41. The summed E-state index contributed by atoms with van der Waals surface area (Å²) in [6.45, 7) is 2.62. The summed E-state index contributed by atoms with van der Waals surface area (Å²) in [5.74, 6) is -1.03. The Bertz CT molecular complexity index is 307. The summed E-state index contributed by atoms with van der Waals surface area (Å²) in [4.78, 5) is 11.8. The molecule has 20 heavy (non-hydrogen) atoms. The van der Waals surface area contributed by atoms with Gasteiger partial charge >= 0.3 is 6.18 Å². The predicted octanol–water partition coefficient (Wildman–Crippen LogP) is 2.99. The van der Waals surface area contributed by atoms with E-state index < -0.39 is 12.1 Å². The van der Waals surface area contributed by atoms with Crippen molar-refractivity contribution in [3.63, 3.8) is 0 Å². The molecule has 0 aliphatic heterocycles. The molecular formula is C14H25F3N2O. The van der Waals surface area contributed by atoms with Crippen LogP contribution < -0.4 is 11.1 Å². The minimum absolute atomic E-state index is 0.0214. The molecule has 3 unspecified atom stereocenters. The first-order valence-corrected chi connectivity index (χ1v) is 7.39. The molecule has 3 nitrogen and oxygen atoms in total. The molecule has 1 aliphatic carbocycles. The van der Waals surface area contributed by atoms with Crippen molar-refractivity contribution in [2.75, 3.05) is 6.54 Å². The van der Waals surface area contributed by atoms with E-state index in [4.69, 9.17) is 5.73 Å². The van der Waals surface area contributed by atoms with Crippen molar-refractivity contribution >= 4 is 5.91 Å². The van der Waals surface area contributed by atoms with E-state index in [0.29, 0.717) is 31.7 Å². The molecule has 1 amide bonds. The highest BCUT2D eigenvalue weighted by atomic mass is 19.4. The van der Waals surface area contributed by atoms with Crippen LogP contribution in [-0.4, -0.2) is 24.7 Å². The number of carbonyl (C=O) groups is 1. The van der Waals surface area contributed by atoms with Crippen molar-refractivity contribution in [3.8, 4) is 0 Å². The number of hydrogen-bond acceptors (Lipinski definition) is 2. The Labute approximate surface area is 118 Å². The Kier molecular flexibility index (Phi) is 6.79. The molecule has 118 valence electrons. The molecule has 0 radical (unpaired) electrons. The summed E-state index contributed by atoms with van der Waals surface area (Å²) < 4.78 is 38.0. The molecule has 0 bridgehead atoms. The van der Waals surface area contributed by atoms with Crippen LogP contribution in [0.25, 0.3) is 0 Å². The predicted molar refractivity (Wildman–Crippen MR) is 72.0 cm³/mol. The van der Waals surface area contributed by atoms with Gasteiger partial charge in [-0.1, -0.05) is 13.3 Å². The third-order valence-electron chi connectivity index (χ3n) is 4.03. The molecule has 1 aliphatic rings. The van der Waals surface area contributed by atoms with Gasteiger partial charge in [-0.3, -0.25) is 4.79 Å². The van der Waals surface area contributed by atoms with Crippen LogP contribution in [0.5, 0.6) is 0 Å². The summed E-state index contributed by atoms with van der Waals surface area (Å²) in [7, 11) is 0. The monoisotopic (exact) mass is 294 g/mol. The number of amides is 1. The van der Waals surface area contributed by atoms with Gasteiger partial charge in [0.1, 0.15) is 0 Å². The summed E-state index contributed by atoms with van der Waals surface area (Å²) in [6.07, 6.45) is -0.787. The summed E-state index contributed by atoms with van der Waals surface area (Å²) in [5, 5.41) is 2.75. The van der Waals surface area contributed by atoms with Gasteiger partial charge in [0.2, 0.25) is 5.91 Å². The van der Waals surface area contributed by atoms with E-state index in [1.54, 1.807) is 0 Å².